The molecule has 1 aromatic carbocycles. The third kappa shape index (κ3) is 3.23. The van der Waals surface area contributed by atoms with Gasteiger partial charge in [0.05, 0.1) is 12.2 Å². The molecule has 3 aliphatic rings. The van der Waals surface area contributed by atoms with Gasteiger partial charge in [-0.25, -0.2) is 0 Å². The van der Waals surface area contributed by atoms with Crippen molar-refractivity contribution in [3.05, 3.63) is 35.9 Å². The largest absolute Gasteiger partial charge is 0.370 e. The molecule has 0 amide bonds. The van der Waals surface area contributed by atoms with E-state index in [-0.39, 0.29) is 0 Å². The fourth-order valence-electron chi connectivity index (χ4n) is 4.86. The summed E-state index contributed by atoms with van der Waals surface area (Å²) < 4.78 is 6.76. The number of ether oxygens (including phenoxy) is 1. The lowest BCUT2D eigenvalue weighted by atomic mass is 9.82. The maximum Gasteiger partial charge on any atom is 0.0856 e. The predicted molar refractivity (Wildman–Crippen MR) is 89.8 cm³/mol. The lowest BCUT2D eigenvalue weighted by Crippen LogP contribution is -2.42. The van der Waals surface area contributed by atoms with E-state index in [4.69, 9.17) is 4.74 Å². The highest BCUT2D eigenvalue weighted by molar-refractivity contribution is 5.18. The zero-order valence-electron chi connectivity index (χ0n) is 13.5. The van der Waals surface area contributed by atoms with Gasteiger partial charge in [0.2, 0.25) is 0 Å². The first-order chi connectivity index (χ1) is 10.9. The Balaban J connectivity index is 1.49. The van der Waals surface area contributed by atoms with Crippen molar-refractivity contribution in [3.8, 4) is 0 Å². The SMILES string of the molecule is c1ccc(C(OC2C[C@H]3CC[C@@H](C2)N3)C2CCCCC2)cc1. The maximum atomic E-state index is 6.76. The van der Waals surface area contributed by atoms with E-state index in [1.54, 1.807) is 0 Å². The van der Waals surface area contributed by atoms with Crippen LogP contribution in [0.4, 0.5) is 0 Å². The van der Waals surface area contributed by atoms with Gasteiger partial charge in [-0.1, -0.05) is 49.6 Å². The highest BCUT2D eigenvalue weighted by Crippen LogP contribution is 2.40. The quantitative estimate of drug-likeness (QED) is 0.876. The Morgan fingerprint density at radius 3 is 2.23 bits per heavy atom. The minimum atomic E-state index is 0.323. The molecule has 22 heavy (non-hydrogen) atoms. The molecule has 1 aromatic rings. The molecule has 0 spiro atoms. The van der Waals surface area contributed by atoms with Crippen LogP contribution in [-0.2, 0) is 4.74 Å². The summed E-state index contributed by atoms with van der Waals surface area (Å²) in [7, 11) is 0. The van der Waals surface area contributed by atoms with Gasteiger partial charge in [-0.05, 0) is 50.0 Å². The van der Waals surface area contributed by atoms with Gasteiger partial charge in [0.15, 0.2) is 0 Å². The number of benzene rings is 1. The first-order valence-electron chi connectivity index (χ1n) is 9.35. The van der Waals surface area contributed by atoms with Crippen LogP contribution in [0.3, 0.4) is 0 Å². The van der Waals surface area contributed by atoms with Gasteiger partial charge in [0.1, 0.15) is 0 Å². The van der Waals surface area contributed by atoms with Crippen molar-refractivity contribution in [3.63, 3.8) is 0 Å². The number of nitrogens with one attached hydrogen (secondary N) is 1. The molecule has 2 nitrogen and oxygen atoms in total. The normalized spacial score (nSPS) is 33.7. The molecule has 4 atom stereocenters. The maximum absolute atomic E-state index is 6.76. The zero-order chi connectivity index (χ0) is 14.8. The van der Waals surface area contributed by atoms with E-state index in [0.29, 0.717) is 24.3 Å². The Bertz CT molecular complexity index is 456. The number of fused-ring (bicyclic) bond motifs is 2. The third-order valence-corrected chi connectivity index (χ3v) is 5.97. The molecule has 4 rings (SSSR count). The summed E-state index contributed by atoms with van der Waals surface area (Å²) in [6.07, 6.45) is 12.8. The molecule has 1 aliphatic carbocycles. The minimum Gasteiger partial charge on any atom is -0.370 e. The number of hydrogen-bond donors (Lipinski definition) is 1. The second-order valence-electron chi connectivity index (χ2n) is 7.60. The van der Waals surface area contributed by atoms with Crippen molar-refractivity contribution in [2.24, 2.45) is 5.92 Å². The van der Waals surface area contributed by atoms with Crippen LogP contribution in [0.1, 0.15) is 69.5 Å². The fraction of sp³-hybridized carbons (Fsp3) is 0.700. The molecule has 3 fully saturated rings. The van der Waals surface area contributed by atoms with Crippen molar-refractivity contribution in [2.45, 2.75) is 82.1 Å². The summed E-state index contributed by atoms with van der Waals surface area (Å²) in [6.45, 7) is 0. The summed E-state index contributed by atoms with van der Waals surface area (Å²) in [5.74, 6) is 0.726. The molecule has 1 saturated carbocycles. The molecular weight excluding hydrogens is 270 g/mol. The molecule has 2 aliphatic heterocycles. The lowest BCUT2D eigenvalue weighted by Gasteiger charge is -2.36. The van der Waals surface area contributed by atoms with Crippen LogP contribution in [0.15, 0.2) is 30.3 Å². The van der Waals surface area contributed by atoms with Crippen molar-refractivity contribution in [2.75, 3.05) is 0 Å². The Labute approximate surface area is 134 Å². The Morgan fingerprint density at radius 1 is 0.864 bits per heavy atom. The molecule has 0 radical (unpaired) electrons. The van der Waals surface area contributed by atoms with E-state index in [0.717, 1.165) is 5.92 Å². The van der Waals surface area contributed by atoms with Crippen LogP contribution in [-0.4, -0.2) is 18.2 Å². The van der Waals surface area contributed by atoms with Crippen molar-refractivity contribution < 1.29 is 4.74 Å². The van der Waals surface area contributed by atoms with E-state index < -0.39 is 0 Å². The average Bonchev–Trinajstić information content (AvgIpc) is 2.93. The van der Waals surface area contributed by atoms with Crippen LogP contribution >= 0.6 is 0 Å². The van der Waals surface area contributed by atoms with E-state index in [1.807, 2.05) is 0 Å². The summed E-state index contributed by atoms with van der Waals surface area (Å²) in [5, 5.41) is 3.73. The molecule has 0 aromatic heterocycles. The predicted octanol–water partition coefficient (Wildman–Crippen LogP) is 4.61. The van der Waals surface area contributed by atoms with E-state index in [1.165, 1.54) is 63.4 Å². The zero-order valence-corrected chi connectivity index (χ0v) is 13.5. The van der Waals surface area contributed by atoms with Gasteiger partial charge in [-0.3, -0.25) is 0 Å². The summed E-state index contributed by atoms with van der Waals surface area (Å²) in [5.41, 5.74) is 1.40. The van der Waals surface area contributed by atoms with E-state index in [2.05, 4.69) is 35.6 Å². The number of hydrogen-bond acceptors (Lipinski definition) is 2. The second kappa shape index (κ2) is 6.72. The van der Waals surface area contributed by atoms with Crippen LogP contribution in [0.2, 0.25) is 0 Å². The highest BCUT2D eigenvalue weighted by Gasteiger charge is 2.36. The summed E-state index contributed by atoms with van der Waals surface area (Å²) in [4.78, 5) is 0. The fourth-order valence-corrected chi connectivity index (χ4v) is 4.86. The molecule has 1 N–H and O–H groups in total. The smallest absolute Gasteiger partial charge is 0.0856 e. The van der Waals surface area contributed by atoms with Crippen molar-refractivity contribution in [1.29, 1.82) is 0 Å². The Kier molecular flexibility index (Phi) is 4.49. The van der Waals surface area contributed by atoms with Gasteiger partial charge in [0.25, 0.3) is 0 Å². The lowest BCUT2D eigenvalue weighted by molar-refractivity contribution is -0.0707. The summed E-state index contributed by atoms with van der Waals surface area (Å²) in [6, 6.07) is 12.4. The Hall–Kier alpha value is -0.860. The Morgan fingerprint density at radius 2 is 1.55 bits per heavy atom. The van der Waals surface area contributed by atoms with Crippen LogP contribution in [0.25, 0.3) is 0 Å². The van der Waals surface area contributed by atoms with Gasteiger partial charge in [-0.2, -0.15) is 0 Å². The number of rotatable bonds is 4. The van der Waals surface area contributed by atoms with Crippen LogP contribution in [0, 0.1) is 5.92 Å². The molecule has 2 saturated heterocycles. The monoisotopic (exact) mass is 299 g/mol. The third-order valence-electron chi connectivity index (χ3n) is 5.97. The van der Waals surface area contributed by atoms with Crippen LogP contribution < -0.4 is 5.32 Å². The van der Waals surface area contributed by atoms with E-state index >= 15 is 0 Å². The highest BCUT2D eigenvalue weighted by atomic mass is 16.5. The number of piperidine rings is 1. The van der Waals surface area contributed by atoms with Gasteiger partial charge in [-0.15, -0.1) is 0 Å². The first kappa shape index (κ1) is 14.7. The molecule has 2 bridgehead atoms. The minimum absolute atomic E-state index is 0.323. The summed E-state index contributed by atoms with van der Waals surface area (Å²) >= 11 is 0. The van der Waals surface area contributed by atoms with Gasteiger partial charge < -0.3 is 10.1 Å². The van der Waals surface area contributed by atoms with E-state index in [9.17, 15) is 0 Å². The topological polar surface area (TPSA) is 21.3 Å². The van der Waals surface area contributed by atoms with Gasteiger partial charge >= 0.3 is 0 Å². The van der Waals surface area contributed by atoms with Crippen molar-refractivity contribution in [1.82, 2.24) is 5.32 Å². The first-order valence-corrected chi connectivity index (χ1v) is 9.35. The van der Waals surface area contributed by atoms with Gasteiger partial charge in [0, 0.05) is 12.1 Å². The van der Waals surface area contributed by atoms with Crippen molar-refractivity contribution >= 4 is 0 Å². The average molecular weight is 299 g/mol. The molecule has 2 heteroatoms. The second-order valence-corrected chi connectivity index (χ2v) is 7.60. The van der Waals surface area contributed by atoms with Crippen LogP contribution in [0.5, 0.6) is 0 Å². The molecule has 2 unspecified atom stereocenters. The molecule has 2 heterocycles. The molecular formula is C20H29NO. The standard InChI is InChI=1S/C20H29NO/c1-3-7-15(8-4-1)20(16-9-5-2-6-10-16)22-19-13-17-11-12-18(14-19)21-17/h1,3-4,7-8,16-21H,2,5-6,9-14H2/t17-,18+,19?,20?. The molecule has 120 valence electrons.